The molecule has 1 saturated heterocycles. The normalized spacial score (nSPS) is 21.3. The first kappa shape index (κ1) is 22.0. The molecule has 1 aliphatic carbocycles. The fourth-order valence-electron chi connectivity index (χ4n) is 3.47. The number of carbonyl (C=O) groups is 1. The van der Waals surface area contributed by atoms with E-state index in [1.807, 2.05) is 0 Å². The van der Waals surface area contributed by atoms with Crippen LogP contribution in [0, 0.1) is 5.92 Å². The van der Waals surface area contributed by atoms with E-state index in [0.29, 0.717) is 19.1 Å². The van der Waals surface area contributed by atoms with E-state index >= 15 is 0 Å². The molecule has 0 bridgehead atoms. The molecular weight excluding hydrogens is 344 g/mol. The van der Waals surface area contributed by atoms with Crippen LogP contribution in [0.3, 0.4) is 0 Å². The lowest BCUT2D eigenvalue weighted by molar-refractivity contribution is -0.127. The molecule has 27 heavy (non-hydrogen) atoms. The summed E-state index contributed by atoms with van der Waals surface area (Å²) in [7, 11) is 3.51. The number of likely N-dealkylation sites (N-methyl/N-ethyl adjacent to an activating group) is 1. The third-order valence-corrected chi connectivity index (χ3v) is 5.24. The van der Waals surface area contributed by atoms with Crippen LogP contribution in [-0.4, -0.2) is 76.4 Å². The molecule has 7 heteroatoms. The molecule has 1 heterocycles. The van der Waals surface area contributed by atoms with E-state index in [9.17, 15) is 4.79 Å². The summed E-state index contributed by atoms with van der Waals surface area (Å²) in [6.07, 6.45) is 10.0. The van der Waals surface area contributed by atoms with Crippen LogP contribution in [0.2, 0.25) is 0 Å². The van der Waals surface area contributed by atoms with Crippen LogP contribution in [0.4, 0.5) is 0 Å². The number of aliphatic imine (C=N–C) groups is 1. The first-order valence-corrected chi connectivity index (χ1v) is 10.6. The number of nitrogens with one attached hydrogen (secondary N) is 2. The van der Waals surface area contributed by atoms with Crippen molar-refractivity contribution in [1.29, 1.82) is 0 Å². The van der Waals surface area contributed by atoms with Crippen molar-refractivity contribution in [1.82, 2.24) is 15.5 Å². The largest absolute Gasteiger partial charge is 0.379 e. The van der Waals surface area contributed by atoms with Crippen molar-refractivity contribution in [3.05, 3.63) is 0 Å². The van der Waals surface area contributed by atoms with Crippen LogP contribution in [-0.2, 0) is 14.3 Å². The molecule has 1 saturated carbocycles. The van der Waals surface area contributed by atoms with Gasteiger partial charge in [-0.3, -0.25) is 4.79 Å². The third-order valence-electron chi connectivity index (χ3n) is 5.24. The number of guanidine groups is 1. The fourth-order valence-corrected chi connectivity index (χ4v) is 3.47. The van der Waals surface area contributed by atoms with E-state index < -0.39 is 0 Å². The average Bonchev–Trinajstić information content (AvgIpc) is 3.20. The Morgan fingerprint density at radius 2 is 1.96 bits per heavy atom. The predicted molar refractivity (Wildman–Crippen MR) is 108 cm³/mol. The van der Waals surface area contributed by atoms with E-state index in [1.54, 1.807) is 19.0 Å². The molecule has 1 aliphatic heterocycles. The second-order valence-electron chi connectivity index (χ2n) is 7.83. The summed E-state index contributed by atoms with van der Waals surface area (Å²) in [4.78, 5) is 17.8. The van der Waals surface area contributed by atoms with Crippen molar-refractivity contribution in [3.8, 4) is 0 Å². The molecule has 1 amide bonds. The fraction of sp³-hybridized carbons (Fsp3) is 0.900. The molecule has 2 fully saturated rings. The van der Waals surface area contributed by atoms with Crippen molar-refractivity contribution < 1.29 is 14.3 Å². The highest BCUT2D eigenvalue weighted by Crippen LogP contribution is 2.22. The van der Waals surface area contributed by atoms with E-state index in [1.165, 1.54) is 32.1 Å². The van der Waals surface area contributed by atoms with E-state index in [0.717, 1.165) is 44.9 Å². The molecule has 0 aromatic heterocycles. The third kappa shape index (κ3) is 9.42. The number of hydrogen-bond acceptors (Lipinski definition) is 4. The zero-order valence-corrected chi connectivity index (χ0v) is 17.2. The quantitative estimate of drug-likeness (QED) is 0.342. The van der Waals surface area contributed by atoms with Gasteiger partial charge in [0.15, 0.2) is 5.96 Å². The molecule has 2 aliphatic rings. The monoisotopic (exact) mass is 382 g/mol. The Kier molecular flexibility index (Phi) is 10.5. The number of hydrogen-bond donors (Lipinski definition) is 2. The summed E-state index contributed by atoms with van der Waals surface area (Å²) < 4.78 is 11.3. The van der Waals surface area contributed by atoms with Crippen LogP contribution < -0.4 is 10.6 Å². The van der Waals surface area contributed by atoms with Crippen LogP contribution in [0.15, 0.2) is 4.99 Å². The summed E-state index contributed by atoms with van der Waals surface area (Å²) in [5.74, 6) is 1.45. The number of ether oxygens (including phenoxy) is 2. The molecular formula is C20H38N4O3. The molecule has 156 valence electrons. The molecule has 0 spiro atoms. The summed E-state index contributed by atoms with van der Waals surface area (Å²) in [5.41, 5.74) is 0. The number of rotatable bonds is 10. The van der Waals surface area contributed by atoms with Crippen molar-refractivity contribution in [2.24, 2.45) is 10.9 Å². The summed E-state index contributed by atoms with van der Waals surface area (Å²) in [6.45, 7) is 4.14. The van der Waals surface area contributed by atoms with Gasteiger partial charge in [-0.2, -0.15) is 0 Å². The van der Waals surface area contributed by atoms with Gasteiger partial charge in [0.25, 0.3) is 0 Å². The van der Waals surface area contributed by atoms with E-state index in [2.05, 4.69) is 15.6 Å². The smallest absolute Gasteiger partial charge is 0.243 e. The standard InChI is InChI=1S/C20H38N4O3/c1-24(2)19(25)15-23-20(22-14-17-8-4-3-5-9-17)21-11-7-12-26-16-18-10-6-13-27-18/h17-18H,3-16H2,1-2H3,(H2,21,22,23). The van der Waals surface area contributed by atoms with Crippen LogP contribution >= 0.6 is 0 Å². The lowest BCUT2D eigenvalue weighted by atomic mass is 9.89. The second-order valence-corrected chi connectivity index (χ2v) is 7.83. The first-order chi connectivity index (χ1) is 13.1. The van der Waals surface area contributed by atoms with Crippen LogP contribution in [0.1, 0.15) is 51.4 Å². The summed E-state index contributed by atoms with van der Waals surface area (Å²) in [6, 6.07) is 0. The molecule has 0 aromatic carbocycles. The van der Waals surface area contributed by atoms with Crippen LogP contribution in [0.5, 0.6) is 0 Å². The lowest BCUT2D eigenvalue weighted by Crippen LogP contribution is -2.41. The highest BCUT2D eigenvalue weighted by atomic mass is 16.5. The Morgan fingerprint density at radius 3 is 2.67 bits per heavy atom. The van der Waals surface area contributed by atoms with Gasteiger partial charge in [0.05, 0.1) is 12.7 Å². The van der Waals surface area contributed by atoms with Gasteiger partial charge in [0.2, 0.25) is 5.91 Å². The van der Waals surface area contributed by atoms with Gasteiger partial charge in [-0.15, -0.1) is 0 Å². The molecule has 0 radical (unpaired) electrons. The minimum Gasteiger partial charge on any atom is -0.379 e. The maximum atomic E-state index is 11.8. The summed E-state index contributed by atoms with van der Waals surface area (Å²) >= 11 is 0. The molecule has 2 N–H and O–H groups in total. The first-order valence-electron chi connectivity index (χ1n) is 10.6. The van der Waals surface area contributed by atoms with Gasteiger partial charge in [0, 0.05) is 40.4 Å². The Labute approximate surface area is 164 Å². The number of nitrogens with zero attached hydrogens (tertiary/aromatic N) is 2. The zero-order valence-electron chi connectivity index (χ0n) is 17.2. The van der Waals surface area contributed by atoms with E-state index in [4.69, 9.17) is 9.47 Å². The summed E-state index contributed by atoms with van der Waals surface area (Å²) in [5, 5.41) is 6.77. The maximum absolute atomic E-state index is 11.8. The minimum atomic E-state index is 0.00802. The minimum absolute atomic E-state index is 0.00802. The Morgan fingerprint density at radius 1 is 1.15 bits per heavy atom. The zero-order chi connectivity index (χ0) is 19.3. The molecule has 0 aromatic rings. The van der Waals surface area contributed by atoms with Crippen LogP contribution in [0.25, 0.3) is 0 Å². The highest BCUT2D eigenvalue weighted by Gasteiger charge is 2.15. The highest BCUT2D eigenvalue weighted by molar-refractivity contribution is 5.84. The molecule has 1 unspecified atom stereocenters. The van der Waals surface area contributed by atoms with Crippen molar-refractivity contribution >= 4 is 11.9 Å². The molecule has 7 nitrogen and oxygen atoms in total. The van der Waals surface area contributed by atoms with E-state index in [-0.39, 0.29) is 18.6 Å². The maximum Gasteiger partial charge on any atom is 0.243 e. The van der Waals surface area contributed by atoms with Gasteiger partial charge in [0.1, 0.15) is 6.54 Å². The Balaban J connectivity index is 1.65. The molecule has 2 rings (SSSR count). The SMILES string of the molecule is CN(C)C(=O)CN=C(NCCCOCC1CCCO1)NCC1CCCCC1. The second kappa shape index (κ2) is 12.9. The van der Waals surface area contributed by atoms with Crippen molar-refractivity contribution in [3.63, 3.8) is 0 Å². The lowest BCUT2D eigenvalue weighted by Gasteiger charge is -2.23. The number of amides is 1. The predicted octanol–water partition coefficient (Wildman–Crippen LogP) is 1.78. The van der Waals surface area contributed by atoms with Crippen molar-refractivity contribution in [2.75, 3.05) is 53.6 Å². The Bertz CT molecular complexity index is 445. The topological polar surface area (TPSA) is 75.2 Å². The number of carbonyl (C=O) groups excluding carboxylic acids is 1. The van der Waals surface area contributed by atoms with Gasteiger partial charge >= 0.3 is 0 Å². The van der Waals surface area contributed by atoms with Crippen molar-refractivity contribution in [2.45, 2.75) is 57.5 Å². The average molecular weight is 383 g/mol. The molecule has 1 atom stereocenters. The van der Waals surface area contributed by atoms with Gasteiger partial charge < -0.3 is 25.0 Å². The van der Waals surface area contributed by atoms with Gasteiger partial charge in [-0.1, -0.05) is 19.3 Å². The Hall–Kier alpha value is -1.34. The van der Waals surface area contributed by atoms with Gasteiger partial charge in [-0.05, 0) is 38.0 Å². The van der Waals surface area contributed by atoms with Gasteiger partial charge in [-0.25, -0.2) is 4.99 Å².